The number of imidazole rings is 1. The number of nitrogens with two attached hydrogens (primary N) is 1. The van der Waals surface area contributed by atoms with Gasteiger partial charge in [-0.1, -0.05) is 30.3 Å². The largest absolute Gasteiger partial charge is 0.462 e. The predicted molar refractivity (Wildman–Crippen MR) is 158 cm³/mol. The number of esters is 1. The molecule has 6 atom stereocenters. The number of hydrogen-bond donors (Lipinski definition) is 3. The SMILES string of the molecule is CC(C)OC(=O)[C@H](C)NP(=S)(OC[C@@]1(C(F)F)O[C@@H](n2cnc3c(N)ncnc32)[C@@H](F)[C@@H]1O)Oc1ccc2ccccc2c1. The first-order valence-electron chi connectivity index (χ1n) is 13.5. The zero-order valence-electron chi connectivity index (χ0n) is 23.7. The summed E-state index contributed by atoms with van der Waals surface area (Å²) in [6, 6.07) is 11.3. The Balaban J connectivity index is 1.45. The molecule has 0 aliphatic carbocycles. The van der Waals surface area contributed by atoms with Crippen molar-refractivity contribution in [3.63, 3.8) is 0 Å². The number of hydrogen-bond acceptors (Lipinski definition) is 11. The van der Waals surface area contributed by atoms with Gasteiger partial charge in [0.1, 0.15) is 29.7 Å². The number of carbonyl (C=O) groups is 1. The number of fused-ring (bicyclic) bond motifs is 2. The van der Waals surface area contributed by atoms with E-state index in [0.717, 1.165) is 28.0 Å². The van der Waals surface area contributed by atoms with Crippen LogP contribution in [0.25, 0.3) is 21.9 Å². The van der Waals surface area contributed by atoms with Crippen LogP contribution in [0.4, 0.5) is 19.0 Å². The molecule has 1 aliphatic heterocycles. The number of rotatable bonds is 11. The highest BCUT2D eigenvalue weighted by molar-refractivity contribution is 8.09. The van der Waals surface area contributed by atoms with Crippen molar-refractivity contribution in [2.75, 3.05) is 12.3 Å². The fourth-order valence-corrected chi connectivity index (χ4v) is 7.09. The molecule has 2 aromatic carbocycles. The van der Waals surface area contributed by atoms with Crippen LogP contribution < -0.4 is 15.3 Å². The molecular weight excluding hydrogens is 624 g/mol. The number of benzene rings is 2. The van der Waals surface area contributed by atoms with Crippen molar-refractivity contribution in [1.82, 2.24) is 24.6 Å². The van der Waals surface area contributed by atoms with E-state index in [1.807, 2.05) is 24.3 Å². The number of ether oxygens (including phenoxy) is 2. The average Bonchev–Trinajstić information content (AvgIpc) is 3.51. The Kier molecular flexibility index (Phi) is 9.12. The second-order valence-corrected chi connectivity index (χ2v) is 13.6. The van der Waals surface area contributed by atoms with Crippen molar-refractivity contribution < 1.29 is 41.6 Å². The minimum atomic E-state index is -3.90. The highest BCUT2D eigenvalue weighted by Gasteiger charge is 2.62. The van der Waals surface area contributed by atoms with Gasteiger partial charge in [-0.15, -0.1) is 0 Å². The van der Waals surface area contributed by atoms with E-state index in [2.05, 4.69) is 20.0 Å². The molecule has 0 spiro atoms. The summed E-state index contributed by atoms with van der Waals surface area (Å²) in [6.45, 7) is -0.267. The van der Waals surface area contributed by atoms with E-state index >= 15 is 4.39 Å². The zero-order valence-corrected chi connectivity index (χ0v) is 25.4. The molecule has 1 saturated heterocycles. The molecule has 1 aliphatic rings. The van der Waals surface area contributed by atoms with Gasteiger partial charge in [0.15, 0.2) is 29.5 Å². The van der Waals surface area contributed by atoms with E-state index < -0.39 is 61.9 Å². The lowest BCUT2D eigenvalue weighted by Gasteiger charge is -2.34. The van der Waals surface area contributed by atoms with Gasteiger partial charge in [0, 0.05) is 0 Å². The van der Waals surface area contributed by atoms with E-state index in [9.17, 15) is 18.7 Å². The van der Waals surface area contributed by atoms with Gasteiger partial charge in [-0.3, -0.25) is 9.36 Å². The van der Waals surface area contributed by atoms with Crippen molar-refractivity contribution in [1.29, 1.82) is 0 Å². The van der Waals surface area contributed by atoms with Crippen molar-refractivity contribution >= 4 is 52.2 Å². The number of halogens is 3. The molecule has 4 aromatic rings. The highest BCUT2D eigenvalue weighted by atomic mass is 32.5. The molecular formula is C27H30F3N6O6PS. The van der Waals surface area contributed by atoms with Gasteiger partial charge in [-0.2, -0.15) is 0 Å². The summed E-state index contributed by atoms with van der Waals surface area (Å²) < 4.78 is 68.7. The number of aliphatic hydroxyl groups is 1. The molecule has 1 unspecified atom stereocenters. The third kappa shape index (κ3) is 6.23. The molecule has 44 heavy (non-hydrogen) atoms. The van der Waals surface area contributed by atoms with Gasteiger partial charge < -0.3 is 29.4 Å². The Morgan fingerprint density at radius 3 is 2.64 bits per heavy atom. The first kappa shape index (κ1) is 32.0. The van der Waals surface area contributed by atoms with Crippen LogP contribution in [0.15, 0.2) is 55.1 Å². The first-order chi connectivity index (χ1) is 20.8. The van der Waals surface area contributed by atoms with Crippen LogP contribution in [0.1, 0.15) is 27.0 Å². The van der Waals surface area contributed by atoms with Gasteiger partial charge in [-0.05, 0) is 55.5 Å². The van der Waals surface area contributed by atoms with Crippen molar-refractivity contribution in [3.8, 4) is 5.75 Å². The van der Waals surface area contributed by atoms with Crippen molar-refractivity contribution in [2.45, 2.75) is 63.4 Å². The molecule has 0 radical (unpaired) electrons. The second kappa shape index (κ2) is 12.5. The molecule has 3 heterocycles. The molecule has 12 nitrogen and oxygen atoms in total. The lowest BCUT2D eigenvalue weighted by molar-refractivity contribution is -0.191. The normalized spacial score (nSPS) is 24.2. The molecule has 0 bridgehead atoms. The van der Waals surface area contributed by atoms with Gasteiger partial charge >= 0.3 is 12.6 Å². The predicted octanol–water partition coefficient (Wildman–Crippen LogP) is 4.04. The number of nitrogen functional groups attached to an aromatic ring is 1. The lowest BCUT2D eigenvalue weighted by atomic mass is 9.97. The maximum Gasteiger partial charge on any atom is 0.323 e. The lowest BCUT2D eigenvalue weighted by Crippen LogP contribution is -2.52. The third-order valence-corrected chi connectivity index (χ3v) is 9.39. The Labute approximate surface area is 254 Å². The Morgan fingerprint density at radius 2 is 1.93 bits per heavy atom. The topological polar surface area (TPSA) is 156 Å². The summed E-state index contributed by atoms with van der Waals surface area (Å²) in [7, 11) is 0. The number of aromatic nitrogens is 4. The number of nitrogens with one attached hydrogen (secondary N) is 1. The summed E-state index contributed by atoms with van der Waals surface area (Å²) in [5.74, 6) is -0.502. The van der Waals surface area contributed by atoms with E-state index in [4.69, 9.17) is 36.1 Å². The maximum absolute atomic E-state index is 15.6. The molecule has 0 saturated carbocycles. The van der Waals surface area contributed by atoms with Gasteiger partial charge in [-0.25, -0.2) is 33.2 Å². The molecule has 0 amide bonds. The van der Waals surface area contributed by atoms with Crippen molar-refractivity contribution in [3.05, 3.63) is 55.1 Å². The minimum absolute atomic E-state index is 0.00671. The van der Waals surface area contributed by atoms with Gasteiger partial charge in [0.25, 0.3) is 6.43 Å². The van der Waals surface area contributed by atoms with Gasteiger partial charge in [0.2, 0.25) is 0 Å². The van der Waals surface area contributed by atoms with Crippen LogP contribution in [-0.4, -0.2) is 73.6 Å². The number of carbonyl (C=O) groups excluding carboxylic acids is 1. The Morgan fingerprint density at radius 1 is 1.20 bits per heavy atom. The van der Waals surface area contributed by atoms with Crippen LogP contribution in [-0.2, 0) is 30.6 Å². The smallest absolute Gasteiger partial charge is 0.323 e. The van der Waals surface area contributed by atoms with E-state index in [1.165, 1.54) is 6.92 Å². The molecule has 1 fully saturated rings. The zero-order chi connectivity index (χ0) is 31.8. The Hall–Kier alpha value is -3.40. The Bertz CT molecular complexity index is 1720. The highest BCUT2D eigenvalue weighted by Crippen LogP contribution is 2.50. The number of anilines is 1. The fourth-order valence-electron chi connectivity index (χ4n) is 4.68. The summed E-state index contributed by atoms with van der Waals surface area (Å²) in [5, 5.41) is 15.3. The summed E-state index contributed by atoms with van der Waals surface area (Å²) >= 11 is 5.67. The quantitative estimate of drug-likeness (QED) is 0.158. The van der Waals surface area contributed by atoms with Crippen molar-refractivity contribution in [2.24, 2.45) is 0 Å². The summed E-state index contributed by atoms with van der Waals surface area (Å²) in [4.78, 5) is 24.4. The summed E-state index contributed by atoms with van der Waals surface area (Å²) in [5.41, 5.74) is 2.99. The van der Waals surface area contributed by atoms with Crippen LogP contribution in [0.2, 0.25) is 0 Å². The molecule has 4 N–H and O–H groups in total. The van der Waals surface area contributed by atoms with Crippen LogP contribution >= 0.6 is 6.64 Å². The molecule has 17 heteroatoms. The summed E-state index contributed by atoms with van der Waals surface area (Å²) in [6.07, 6.45) is -8.25. The molecule has 2 aromatic heterocycles. The standard InChI is InChI=1S/C27H30F3N6O6PS/c1-14(2)40-25(38)15(3)35-43(44,42-18-9-8-16-6-4-5-7-17(16)10-18)39-11-27(26(29)30)21(37)19(28)24(41-27)36-13-34-20-22(31)32-12-33-23(20)36/h4-10,12-15,19,21,24,26,37H,11H2,1-3H3,(H,35,44)(H2,31,32,33)/t15-,19-,21-,24+,27+,43?/m0/s1. The van der Waals surface area contributed by atoms with Crippen LogP contribution in [0, 0.1) is 0 Å². The fraction of sp³-hybridized carbons (Fsp3) is 0.407. The average molecular weight is 655 g/mol. The number of alkyl halides is 3. The molecule has 5 rings (SSSR count). The van der Waals surface area contributed by atoms with Crippen LogP contribution in [0.3, 0.4) is 0 Å². The van der Waals surface area contributed by atoms with E-state index in [1.54, 1.807) is 32.0 Å². The third-order valence-electron chi connectivity index (χ3n) is 6.91. The maximum atomic E-state index is 15.6. The van der Waals surface area contributed by atoms with Crippen LogP contribution in [0.5, 0.6) is 5.75 Å². The van der Waals surface area contributed by atoms with E-state index in [0.29, 0.717) is 0 Å². The second-order valence-electron chi connectivity index (χ2n) is 10.4. The number of nitrogens with zero attached hydrogens (tertiary/aromatic N) is 4. The molecule has 236 valence electrons. The monoisotopic (exact) mass is 654 g/mol. The first-order valence-corrected chi connectivity index (χ1v) is 16.1. The minimum Gasteiger partial charge on any atom is -0.462 e. The van der Waals surface area contributed by atoms with Gasteiger partial charge in [0.05, 0.1) is 19.0 Å². The number of aliphatic hydroxyl groups excluding tert-OH is 1. The van der Waals surface area contributed by atoms with E-state index in [-0.39, 0.29) is 22.7 Å².